The van der Waals surface area contributed by atoms with Gasteiger partial charge >= 0.3 is 0 Å². The molecule has 3 aromatic rings. The van der Waals surface area contributed by atoms with E-state index in [-0.39, 0.29) is 42.3 Å². The zero-order valence-corrected chi connectivity index (χ0v) is 21.5. The summed E-state index contributed by atoms with van der Waals surface area (Å²) >= 11 is 5.89. The number of carbonyl (C=O) groups is 2. The minimum Gasteiger partial charge on any atom is -0.486 e. The number of aliphatic hydroxyl groups excluding tert-OH is 2. The number of hydrogen-bond donors (Lipinski definition) is 4. The molecule has 1 fully saturated rings. The Balaban J connectivity index is 1.64. The molecule has 1 saturated carbocycles. The number of benzene rings is 1. The number of halogens is 1. The lowest BCUT2D eigenvalue weighted by atomic mass is 9.85. The molecule has 4 rings (SSSR count). The van der Waals surface area contributed by atoms with Gasteiger partial charge in [-0.25, -0.2) is 4.98 Å². The van der Waals surface area contributed by atoms with Crippen molar-refractivity contribution >= 4 is 45.9 Å². The van der Waals surface area contributed by atoms with E-state index >= 15 is 0 Å². The van der Waals surface area contributed by atoms with Gasteiger partial charge in [0, 0.05) is 23.5 Å². The van der Waals surface area contributed by atoms with Crippen LogP contribution in [0.1, 0.15) is 36.2 Å². The van der Waals surface area contributed by atoms with Crippen LogP contribution in [0.25, 0.3) is 11.0 Å². The van der Waals surface area contributed by atoms with Crippen LogP contribution in [0.4, 0.5) is 11.5 Å². The lowest BCUT2D eigenvalue weighted by molar-refractivity contribution is -0.121. The third kappa shape index (κ3) is 6.40. The molecule has 4 N–H and O–H groups in total. The van der Waals surface area contributed by atoms with E-state index in [1.807, 2.05) is 14.1 Å². The van der Waals surface area contributed by atoms with Gasteiger partial charge in [-0.15, -0.1) is 0 Å². The number of ether oxygens (including phenoxy) is 1. The summed E-state index contributed by atoms with van der Waals surface area (Å²) in [6.45, 7) is -0.748. The van der Waals surface area contributed by atoms with Crippen molar-refractivity contribution in [3.8, 4) is 5.75 Å². The highest BCUT2D eigenvalue weighted by atomic mass is 35.5. The van der Waals surface area contributed by atoms with Crippen LogP contribution < -0.4 is 15.4 Å². The van der Waals surface area contributed by atoms with Crippen molar-refractivity contribution in [2.45, 2.75) is 37.8 Å². The largest absolute Gasteiger partial charge is 0.486 e. The molecule has 10 nitrogen and oxygen atoms in total. The second kappa shape index (κ2) is 11.9. The summed E-state index contributed by atoms with van der Waals surface area (Å²) < 4.78 is 11.5. The van der Waals surface area contributed by atoms with Gasteiger partial charge in [0.1, 0.15) is 28.9 Å². The number of carbonyl (C=O) groups excluding carboxylic acids is 2. The van der Waals surface area contributed by atoms with Crippen LogP contribution in [0.3, 0.4) is 0 Å². The standard InChI is InChI=1S/C26H31ClN4O6/c1-31(2)17-6-3-15(4-7-17)25(34)30-23-20-11-18(36-19(13-32)14-33)8-9-21(20)37-24(23)26(35)29-22-10-5-16(27)12-28-22/h5,8-12,15,17,19,32-33H,3-4,6-7,13-14H2,1-2H3,(H,30,34)(H,28,29,35)/t15-,17-. The Bertz CT molecular complexity index is 1230. The average molecular weight is 531 g/mol. The van der Waals surface area contributed by atoms with Crippen LogP contribution in [0.2, 0.25) is 5.02 Å². The molecule has 0 saturated heterocycles. The molecule has 2 aromatic heterocycles. The molecule has 0 radical (unpaired) electrons. The molecular weight excluding hydrogens is 500 g/mol. The Labute approximate surface area is 219 Å². The Kier molecular flexibility index (Phi) is 8.65. The molecule has 0 bridgehead atoms. The Morgan fingerprint density at radius 2 is 1.86 bits per heavy atom. The van der Waals surface area contributed by atoms with E-state index < -0.39 is 12.0 Å². The van der Waals surface area contributed by atoms with Gasteiger partial charge in [0.05, 0.1) is 18.2 Å². The number of hydrogen-bond acceptors (Lipinski definition) is 8. The average Bonchev–Trinajstić information content (AvgIpc) is 3.26. The number of furan rings is 1. The number of nitrogens with zero attached hydrogens (tertiary/aromatic N) is 2. The molecule has 1 aromatic carbocycles. The fraction of sp³-hybridized carbons (Fsp3) is 0.423. The maximum absolute atomic E-state index is 13.3. The van der Waals surface area contributed by atoms with E-state index in [0.29, 0.717) is 27.8 Å². The van der Waals surface area contributed by atoms with Crippen LogP contribution in [-0.2, 0) is 4.79 Å². The van der Waals surface area contributed by atoms with Crippen LogP contribution in [-0.4, -0.2) is 71.4 Å². The van der Waals surface area contributed by atoms with Crippen molar-refractivity contribution in [2.75, 3.05) is 37.9 Å². The lowest BCUT2D eigenvalue weighted by Gasteiger charge is -2.31. The molecule has 11 heteroatoms. The smallest absolute Gasteiger partial charge is 0.294 e. The second-order valence-electron chi connectivity index (χ2n) is 9.34. The maximum atomic E-state index is 13.3. The van der Waals surface area contributed by atoms with Gasteiger partial charge in [-0.05, 0) is 70.1 Å². The van der Waals surface area contributed by atoms with E-state index in [1.54, 1.807) is 30.3 Å². The fourth-order valence-corrected chi connectivity index (χ4v) is 4.57. The van der Waals surface area contributed by atoms with Gasteiger partial charge in [0.25, 0.3) is 5.91 Å². The first-order chi connectivity index (χ1) is 17.8. The first kappa shape index (κ1) is 26.9. The first-order valence-electron chi connectivity index (χ1n) is 12.1. The molecule has 2 amide bonds. The van der Waals surface area contributed by atoms with E-state index in [4.69, 9.17) is 20.8 Å². The number of amides is 2. The summed E-state index contributed by atoms with van der Waals surface area (Å²) in [5, 5.41) is 25.2. The first-order valence-corrected chi connectivity index (χ1v) is 12.5. The minimum absolute atomic E-state index is 0.0832. The van der Waals surface area contributed by atoms with Crippen molar-refractivity contribution in [1.82, 2.24) is 9.88 Å². The quantitative estimate of drug-likeness (QED) is 0.330. The molecule has 2 heterocycles. The van der Waals surface area contributed by atoms with Crippen LogP contribution in [0.15, 0.2) is 40.9 Å². The predicted molar refractivity (Wildman–Crippen MR) is 140 cm³/mol. The molecule has 198 valence electrons. The van der Waals surface area contributed by atoms with Gasteiger partial charge in [-0.1, -0.05) is 11.6 Å². The topological polar surface area (TPSA) is 137 Å². The summed E-state index contributed by atoms with van der Waals surface area (Å²) in [6, 6.07) is 8.40. The Morgan fingerprint density at radius 1 is 1.14 bits per heavy atom. The summed E-state index contributed by atoms with van der Waals surface area (Å²) in [4.78, 5) is 32.7. The Morgan fingerprint density at radius 3 is 2.49 bits per heavy atom. The highest BCUT2D eigenvalue weighted by Crippen LogP contribution is 2.36. The van der Waals surface area contributed by atoms with E-state index in [0.717, 1.165) is 25.7 Å². The molecule has 1 aliphatic rings. The van der Waals surface area contributed by atoms with Gasteiger partial charge in [-0.3, -0.25) is 9.59 Å². The van der Waals surface area contributed by atoms with Crippen molar-refractivity contribution in [2.24, 2.45) is 5.92 Å². The third-order valence-corrected chi connectivity index (χ3v) is 6.81. The summed E-state index contributed by atoms with van der Waals surface area (Å²) in [7, 11) is 4.09. The molecule has 0 atom stereocenters. The van der Waals surface area contributed by atoms with E-state index in [2.05, 4.69) is 20.5 Å². The fourth-order valence-electron chi connectivity index (χ4n) is 4.46. The monoisotopic (exact) mass is 530 g/mol. The molecule has 37 heavy (non-hydrogen) atoms. The lowest BCUT2D eigenvalue weighted by Crippen LogP contribution is -2.35. The molecule has 0 spiro atoms. The van der Waals surface area contributed by atoms with Crippen molar-refractivity contribution in [1.29, 1.82) is 0 Å². The number of aromatic nitrogens is 1. The summed E-state index contributed by atoms with van der Waals surface area (Å²) in [5.41, 5.74) is 0.578. The van der Waals surface area contributed by atoms with E-state index in [9.17, 15) is 19.8 Å². The zero-order chi connectivity index (χ0) is 26.5. The maximum Gasteiger partial charge on any atom is 0.294 e. The number of aliphatic hydroxyl groups is 2. The van der Waals surface area contributed by atoms with Gasteiger partial charge in [-0.2, -0.15) is 0 Å². The van der Waals surface area contributed by atoms with Crippen molar-refractivity contribution in [3.05, 3.63) is 47.3 Å². The van der Waals surface area contributed by atoms with Crippen molar-refractivity contribution in [3.63, 3.8) is 0 Å². The summed E-state index contributed by atoms with van der Waals surface area (Å²) in [6.07, 6.45) is 3.90. The van der Waals surface area contributed by atoms with E-state index in [1.165, 1.54) is 6.20 Å². The SMILES string of the molecule is CN(C)[C@H]1CC[C@H](C(=O)Nc2c(C(=O)Nc3ccc(Cl)cn3)oc3ccc(OC(CO)CO)cc23)CC1. The molecule has 1 aliphatic carbocycles. The highest BCUT2D eigenvalue weighted by molar-refractivity contribution is 6.30. The third-order valence-electron chi connectivity index (χ3n) is 6.59. The molecular formula is C26H31ClN4O6. The minimum atomic E-state index is -0.812. The zero-order valence-electron chi connectivity index (χ0n) is 20.7. The van der Waals surface area contributed by atoms with Gasteiger partial charge in [0.15, 0.2) is 0 Å². The number of fused-ring (bicyclic) bond motifs is 1. The number of rotatable bonds is 9. The highest BCUT2D eigenvalue weighted by Gasteiger charge is 2.30. The summed E-state index contributed by atoms with van der Waals surface area (Å²) in [5.74, 6) is -0.443. The molecule has 0 unspecified atom stereocenters. The number of pyridine rings is 1. The van der Waals surface area contributed by atoms with Gasteiger partial charge in [0.2, 0.25) is 11.7 Å². The molecule has 0 aliphatic heterocycles. The van der Waals surface area contributed by atoms with Gasteiger partial charge < -0.3 is 34.9 Å². The Hall–Kier alpha value is -3.18. The van der Waals surface area contributed by atoms with Crippen LogP contribution in [0, 0.1) is 5.92 Å². The van der Waals surface area contributed by atoms with Crippen molar-refractivity contribution < 1.29 is 29.0 Å². The van der Waals surface area contributed by atoms with Crippen LogP contribution >= 0.6 is 11.6 Å². The number of nitrogens with one attached hydrogen (secondary N) is 2. The van der Waals surface area contributed by atoms with Crippen LogP contribution in [0.5, 0.6) is 5.75 Å². The number of anilines is 2. The predicted octanol–water partition coefficient (Wildman–Crippen LogP) is 3.52. The second-order valence-corrected chi connectivity index (χ2v) is 9.78. The normalized spacial score (nSPS) is 17.8.